The zero-order valence-electron chi connectivity index (χ0n) is 18.7. The zero-order valence-corrected chi connectivity index (χ0v) is 19.4. The summed E-state index contributed by atoms with van der Waals surface area (Å²) < 4.78 is 15.0. The molecule has 3 N–H and O–H groups in total. The fourth-order valence-electron chi connectivity index (χ4n) is 4.26. The standard InChI is InChI=1S/C23H29ClFN7/c1-4-7-32-8-5-16(6-9-32)17-12-19(25)20(10-14(17)2)27-23-26-13-18(24)22(29-23)28-21-11-15(3)30-31-21/h10-13,16H,4-9H2,1-3H3,(H3,26,27,28,29,30,31). The van der Waals surface area contributed by atoms with Gasteiger partial charge >= 0.3 is 0 Å². The maximum atomic E-state index is 15.0. The summed E-state index contributed by atoms with van der Waals surface area (Å²) in [5.74, 6) is 1.32. The molecule has 1 fully saturated rings. The molecule has 170 valence electrons. The highest BCUT2D eigenvalue weighted by atomic mass is 35.5. The maximum absolute atomic E-state index is 15.0. The maximum Gasteiger partial charge on any atom is 0.229 e. The molecule has 1 aromatic carbocycles. The predicted octanol–water partition coefficient (Wildman–Crippen LogP) is 5.69. The average Bonchev–Trinajstić information content (AvgIpc) is 3.18. The smallest absolute Gasteiger partial charge is 0.229 e. The number of nitrogens with one attached hydrogen (secondary N) is 3. The molecule has 0 bridgehead atoms. The number of halogens is 2. The van der Waals surface area contributed by atoms with Crippen LogP contribution in [-0.4, -0.2) is 44.7 Å². The molecular formula is C23H29ClFN7. The van der Waals surface area contributed by atoms with E-state index >= 15 is 4.39 Å². The lowest BCUT2D eigenvalue weighted by molar-refractivity contribution is 0.212. The van der Waals surface area contributed by atoms with Crippen molar-refractivity contribution in [1.82, 2.24) is 25.1 Å². The van der Waals surface area contributed by atoms with Crippen molar-refractivity contribution >= 4 is 34.9 Å². The molecule has 0 atom stereocenters. The number of aromatic amines is 1. The summed E-state index contributed by atoms with van der Waals surface area (Å²) in [6.07, 6.45) is 4.77. The number of anilines is 4. The van der Waals surface area contributed by atoms with Crippen molar-refractivity contribution in [3.63, 3.8) is 0 Å². The molecule has 1 saturated heterocycles. The molecule has 0 radical (unpaired) electrons. The van der Waals surface area contributed by atoms with Gasteiger partial charge in [-0.2, -0.15) is 10.1 Å². The number of hydrogen-bond donors (Lipinski definition) is 3. The van der Waals surface area contributed by atoms with Crippen LogP contribution in [0.3, 0.4) is 0 Å². The molecule has 0 unspecified atom stereocenters. The van der Waals surface area contributed by atoms with E-state index in [1.54, 1.807) is 6.07 Å². The van der Waals surface area contributed by atoms with Crippen LogP contribution < -0.4 is 10.6 Å². The second kappa shape index (κ2) is 9.83. The minimum Gasteiger partial charge on any atom is -0.322 e. The van der Waals surface area contributed by atoms with E-state index in [9.17, 15) is 0 Å². The lowest BCUT2D eigenvalue weighted by atomic mass is 9.86. The fraction of sp³-hybridized carbons (Fsp3) is 0.435. The molecule has 0 spiro atoms. The van der Waals surface area contributed by atoms with Gasteiger partial charge in [0.1, 0.15) is 10.8 Å². The highest BCUT2D eigenvalue weighted by Crippen LogP contribution is 2.34. The number of nitrogens with zero attached hydrogens (tertiary/aromatic N) is 4. The molecule has 3 heterocycles. The minimum absolute atomic E-state index is 0.253. The van der Waals surface area contributed by atoms with Crippen LogP contribution in [-0.2, 0) is 0 Å². The Hall–Kier alpha value is -2.71. The second-order valence-electron chi connectivity index (χ2n) is 8.38. The summed E-state index contributed by atoms with van der Waals surface area (Å²) in [6, 6.07) is 5.34. The van der Waals surface area contributed by atoms with Gasteiger partial charge in [0, 0.05) is 11.8 Å². The molecule has 0 saturated carbocycles. The van der Waals surface area contributed by atoms with E-state index in [-0.39, 0.29) is 11.8 Å². The highest BCUT2D eigenvalue weighted by molar-refractivity contribution is 6.32. The molecule has 32 heavy (non-hydrogen) atoms. The quantitative estimate of drug-likeness (QED) is 0.423. The SMILES string of the molecule is CCCN1CCC(c2cc(F)c(Nc3ncc(Cl)c(Nc4cc(C)[nH]n4)n3)cc2C)CC1. The first-order chi connectivity index (χ1) is 15.4. The second-order valence-corrected chi connectivity index (χ2v) is 8.79. The van der Waals surface area contributed by atoms with E-state index in [1.165, 1.54) is 12.6 Å². The van der Waals surface area contributed by atoms with Crippen LogP contribution in [0.2, 0.25) is 5.02 Å². The average molecular weight is 458 g/mol. The van der Waals surface area contributed by atoms with Crippen molar-refractivity contribution < 1.29 is 4.39 Å². The van der Waals surface area contributed by atoms with Crippen LogP contribution in [0.4, 0.5) is 27.7 Å². The van der Waals surface area contributed by atoms with Gasteiger partial charge in [-0.05, 0) is 81.9 Å². The Morgan fingerprint density at radius 2 is 1.97 bits per heavy atom. The monoisotopic (exact) mass is 457 g/mol. The first kappa shape index (κ1) is 22.5. The number of aryl methyl sites for hydroxylation is 2. The molecule has 9 heteroatoms. The van der Waals surface area contributed by atoms with Crippen molar-refractivity contribution in [1.29, 1.82) is 0 Å². The largest absolute Gasteiger partial charge is 0.322 e. The first-order valence-corrected chi connectivity index (χ1v) is 11.4. The molecule has 0 amide bonds. The van der Waals surface area contributed by atoms with Gasteiger partial charge in [-0.1, -0.05) is 18.5 Å². The van der Waals surface area contributed by atoms with Crippen molar-refractivity contribution in [2.45, 2.75) is 46.0 Å². The lowest BCUT2D eigenvalue weighted by Crippen LogP contribution is -2.33. The van der Waals surface area contributed by atoms with Crippen molar-refractivity contribution in [2.24, 2.45) is 0 Å². The van der Waals surface area contributed by atoms with Crippen LogP contribution >= 0.6 is 11.6 Å². The van der Waals surface area contributed by atoms with E-state index in [4.69, 9.17) is 11.6 Å². The molecular weight excluding hydrogens is 429 g/mol. The number of rotatable bonds is 7. The zero-order chi connectivity index (χ0) is 22.7. The number of aromatic nitrogens is 4. The normalized spacial score (nSPS) is 15.2. The Kier molecular flexibility index (Phi) is 6.91. The predicted molar refractivity (Wildman–Crippen MR) is 127 cm³/mol. The summed E-state index contributed by atoms with van der Waals surface area (Å²) in [4.78, 5) is 11.1. The van der Waals surface area contributed by atoms with E-state index < -0.39 is 0 Å². The Morgan fingerprint density at radius 1 is 1.19 bits per heavy atom. The Bertz CT molecular complexity index is 1080. The molecule has 4 rings (SSSR count). The number of hydrogen-bond acceptors (Lipinski definition) is 6. The fourth-order valence-corrected chi connectivity index (χ4v) is 4.39. The first-order valence-electron chi connectivity index (χ1n) is 11.0. The summed E-state index contributed by atoms with van der Waals surface area (Å²) in [5.41, 5.74) is 3.42. The van der Waals surface area contributed by atoms with Gasteiger partial charge in [-0.3, -0.25) is 5.10 Å². The van der Waals surface area contributed by atoms with E-state index in [1.807, 2.05) is 26.0 Å². The summed E-state index contributed by atoms with van der Waals surface area (Å²) in [7, 11) is 0. The molecule has 1 aliphatic rings. The number of H-pyrrole nitrogens is 1. The minimum atomic E-state index is -0.308. The van der Waals surface area contributed by atoms with Crippen molar-refractivity contribution in [3.05, 3.63) is 52.1 Å². The number of likely N-dealkylation sites (tertiary alicyclic amines) is 1. The van der Waals surface area contributed by atoms with E-state index in [0.717, 1.165) is 49.3 Å². The van der Waals surface area contributed by atoms with Gasteiger partial charge in [0.2, 0.25) is 5.95 Å². The molecule has 2 aromatic heterocycles. The molecule has 7 nitrogen and oxygen atoms in total. The van der Waals surface area contributed by atoms with Crippen LogP contribution in [0.5, 0.6) is 0 Å². The van der Waals surface area contributed by atoms with Gasteiger partial charge in [0.15, 0.2) is 11.6 Å². The third-order valence-corrected chi connectivity index (χ3v) is 6.14. The van der Waals surface area contributed by atoms with Gasteiger partial charge in [0.25, 0.3) is 0 Å². The van der Waals surface area contributed by atoms with Crippen LogP contribution in [0.15, 0.2) is 24.4 Å². The summed E-state index contributed by atoms with van der Waals surface area (Å²) >= 11 is 6.22. The van der Waals surface area contributed by atoms with Gasteiger partial charge in [-0.25, -0.2) is 9.37 Å². The van der Waals surface area contributed by atoms with Crippen LogP contribution in [0, 0.1) is 19.7 Å². The summed E-state index contributed by atoms with van der Waals surface area (Å²) in [5, 5.41) is 13.4. The molecule has 1 aliphatic heterocycles. The van der Waals surface area contributed by atoms with Crippen LogP contribution in [0.25, 0.3) is 0 Å². The Balaban J connectivity index is 1.49. The topological polar surface area (TPSA) is 81.8 Å². The Morgan fingerprint density at radius 3 is 2.66 bits per heavy atom. The highest BCUT2D eigenvalue weighted by Gasteiger charge is 2.23. The van der Waals surface area contributed by atoms with Gasteiger partial charge in [0.05, 0.1) is 11.9 Å². The van der Waals surface area contributed by atoms with E-state index in [2.05, 4.69) is 42.6 Å². The van der Waals surface area contributed by atoms with E-state index in [0.29, 0.717) is 28.3 Å². The van der Waals surface area contributed by atoms with Crippen LogP contribution in [0.1, 0.15) is 48.9 Å². The van der Waals surface area contributed by atoms with Crippen molar-refractivity contribution in [3.8, 4) is 0 Å². The third-order valence-electron chi connectivity index (χ3n) is 5.87. The third kappa shape index (κ3) is 5.19. The van der Waals surface area contributed by atoms with Crippen molar-refractivity contribution in [2.75, 3.05) is 30.3 Å². The number of piperidine rings is 1. The summed E-state index contributed by atoms with van der Waals surface area (Å²) in [6.45, 7) is 9.43. The lowest BCUT2D eigenvalue weighted by Gasteiger charge is -2.32. The molecule has 0 aliphatic carbocycles. The van der Waals surface area contributed by atoms with Gasteiger partial charge < -0.3 is 15.5 Å². The van der Waals surface area contributed by atoms with Gasteiger partial charge in [-0.15, -0.1) is 0 Å². The number of benzene rings is 1. The Labute approximate surface area is 192 Å². The molecule has 3 aromatic rings.